The molecule has 2 amide bonds. The molecule has 3 rings (SSSR count). The Morgan fingerprint density at radius 2 is 1.79 bits per heavy atom. The molecule has 0 aromatic heterocycles. The predicted octanol–water partition coefficient (Wildman–Crippen LogP) is 2.44. The second-order valence-electron chi connectivity index (χ2n) is 7.44. The van der Waals surface area contributed by atoms with E-state index < -0.39 is 15.9 Å². The van der Waals surface area contributed by atoms with Crippen LogP contribution in [0.25, 0.3) is 0 Å². The third kappa shape index (κ3) is 4.76. The Labute approximate surface area is 171 Å². The van der Waals surface area contributed by atoms with Crippen LogP contribution in [0, 0.1) is 19.8 Å². The topological polar surface area (TPSA) is 110 Å². The number of anilines is 1. The summed E-state index contributed by atoms with van der Waals surface area (Å²) in [5.41, 5.74) is 7.69. The molecule has 0 aliphatic carbocycles. The molecule has 2 aromatic rings. The second-order valence-corrected chi connectivity index (χ2v) is 9.10. The Morgan fingerprint density at radius 1 is 1.10 bits per heavy atom. The van der Waals surface area contributed by atoms with E-state index in [1.165, 1.54) is 0 Å². The van der Waals surface area contributed by atoms with Gasteiger partial charge >= 0.3 is 0 Å². The number of primary amides is 1. The number of amides is 2. The van der Waals surface area contributed by atoms with Gasteiger partial charge in [0.15, 0.2) is 0 Å². The molecule has 154 valence electrons. The molecular formula is C21H25N3O4S. The number of aryl methyl sites for hydroxylation is 2. The van der Waals surface area contributed by atoms with E-state index in [1.54, 1.807) is 48.2 Å². The van der Waals surface area contributed by atoms with Gasteiger partial charge in [-0.2, -0.15) is 0 Å². The zero-order valence-corrected chi connectivity index (χ0v) is 17.3. The van der Waals surface area contributed by atoms with Crippen molar-refractivity contribution in [2.75, 3.05) is 17.8 Å². The number of carbonyl (C=O) groups excluding carboxylic acids is 2. The first-order chi connectivity index (χ1) is 13.7. The van der Waals surface area contributed by atoms with Crippen molar-refractivity contribution in [3.05, 3.63) is 59.2 Å². The lowest BCUT2D eigenvalue weighted by atomic mass is 9.97. The summed E-state index contributed by atoms with van der Waals surface area (Å²) in [7, 11) is -3.73. The Hall–Kier alpha value is -2.87. The lowest BCUT2D eigenvalue weighted by Gasteiger charge is -2.31. The van der Waals surface area contributed by atoms with Crippen LogP contribution in [0.5, 0.6) is 0 Å². The first kappa shape index (κ1) is 20.9. The minimum absolute atomic E-state index is 0.195. The van der Waals surface area contributed by atoms with Crippen LogP contribution in [0.3, 0.4) is 0 Å². The maximum Gasteiger partial charge on any atom is 0.262 e. The second kappa shape index (κ2) is 8.24. The number of carbonyl (C=O) groups is 2. The highest BCUT2D eigenvalue weighted by atomic mass is 32.2. The van der Waals surface area contributed by atoms with Gasteiger partial charge in [-0.1, -0.05) is 12.1 Å². The molecule has 29 heavy (non-hydrogen) atoms. The van der Waals surface area contributed by atoms with Crippen molar-refractivity contribution in [2.45, 2.75) is 31.6 Å². The molecule has 1 unspecified atom stereocenters. The fraction of sp³-hybridized carbons (Fsp3) is 0.333. The van der Waals surface area contributed by atoms with Crippen molar-refractivity contribution >= 4 is 27.5 Å². The van der Waals surface area contributed by atoms with E-state index in [-0.39, 0.29) is 16.7 Å². The van der Waals surface area contributed by atoms with Crippen LogP contribution in [0.1, 0.15) is 34.3 Å². The molecule has 1 saturated heterocycles. The fourth-order valence-electron chi connectivity index (χ4n) is 3.46. The lowest BCUT2D eigenvalue weighted by molar-refractivity contribution is -0.123. The number of hydrogen-bond donors (Lipinski definition) is 2. The van der Waals surface area contributed by atoms with Crippen molar-refractivity contribution in [1.29, 1.82) is 0 Å². The van der Waals surface area contributed by atoms with Gasteiger partial charge in [-0.3, -0.25) is 14.3 Å². The van der Waals surface area contributed by atoms with Gasteiger partial charge in [0.05, 0.1) is 10.8 Å². The molecule has 8 heteroatoms. The molecule has 1 atom stereocenters. The van der Waals surface area contributed by atoms with Gasteiger partial charge in [-0.05, 0) is 68.1 Å². The highest BCUT2D eigenvalue weighted by Gasteiger charge is 2.27. The normalized spacial score (nSPS) is 17.0. The smallest absolute Gasteiger partial charge is 0.262 e. The maximum absolute atomic E-state index is 12.7. The number of nitrogens with two attached hydrogens (primary N) is 1. The number of rotatable bonds is 5. The number of piperidine rings is 1. The quantitative estimate of drug-likeness (QED) is 0.781. The van der Waals surface area contributed by atoms with Crippen molar-refractivity contribution in [3.8, 4) is 0 Å². The Kier molecular flexibility index (Phi) is 5.93. The third-order valence-corrected chi connectivity index (χ3v) is 6.65. The van der Waals surface area contributed by atoms with Crippen LogP contribution < -0.4 is 10.5 Å². The van der Waals surface area contributed by atoms with E-state index in [0.29, 0.717) is 36.3 Å². The monoisotopic (exact) mass is 415 g/mol. The van der Waals surface area contributed by atoms with Crippen molar-refractivity contribution < 1.29 is 18.0 Å². The van der Waals surface area contributed by atoms with Gasteiger partial charge < -0.3 is 10.6 Å². The fourth-order valence-corrected chi connectivity index (χ4v) is 4.85. The first-order valence-corrected chi connectivity index (χ1v) is 10.9. The average molecular weight is 416 g/mol. The Bertz CT molecular complexity index is 1030. The van der Waals surface area contributed by atoms with Crippen LogP contribution in [0.4, 0.5) is 5.69 Å². The number of benzene rings is 2. The molecule has 1 aliphatic rings. The first-order valence-electron chi connectivity index (χ1n) is 9.46. The number of nitrogens with zero attached hydrogens (tertiary/aromatic N) is 1. The van der Waals surface area contributed by atoms with E-state index in [4.69, 9.17) is 5.73 Å². The SMILES string of the molecule is Cc1ccc(C)c(S(=O)(=O)Nc2ccc(C(=O)N3CCCC(C(N)=O)C3)cc2)c1. The predicted molar refractivity (Wildman–Crippen MR) is 111 cm³/mol. The summed E-state index contributed by atoms with van der Waals surface area (Å²) in [4.78, 5) is 26.0. The average Bonchev–Trinajstić information content (AvgIpc) is 2.69. The molecule has 1 fully saturated rings. The highest BCUT2D eigenvalue weighted by molar-refractivity contribution is 7.92. The van der Waals surface area contributed by atoms with Crippen LogP contribution in [-0.4, -0.2) is 38.2 Å². The summed E-state index contributed by atoms with van der Waals surface area (Å²) in [6.07, 6.45) is 1.42. The standard InChI is InChI=1S/C21H25N3O4S/c1-14-5-6-15(2)19(12-14)29(27,28)23-18-9-7-16(8-10-18)21(26)24-11-3-4-17(13-24)20(22)25/h5-10,12,17,23H,3-4,11,13H2,1-2H3,(H2,22,25). The molecule has 0 spiro atoms. The minimum Gasteiger partial charge on any atom is -0.369 e. The summed E-state index contributed by atoms with van der Waals surface area (Å²) in [5.74, 6) is -0.907. The van der Waals surface area contributed by atoms with Crippen molar-refractivity contribution in [2.24, 2.45) is 11.7 Å². The van der Waals surface area contributed by atoms with Gasteiger partial charge in [-0.25, -0.2) is 8.42 Å². The molecule has 1 aliphatic heterocycles. The van der Waals surface area contributed by atoms with E-state index in [0.717, 1.165) is 12.0 Å². The number of likely N-dealkylation sites (tertiary alicyclic amines) is 1. The summed E-state index contributed by atoms with van der Waals surface area (Å²) in [6.45, 7) is 4.47. The molecule has 0 saturated carbocycles. The summed E-state index contributed by atoms with van der Waals surface area (Å²) < 4.78 is 28.0. The van der Waals surface area contributed by atoms with Gasteiger partial charge in [0, 0.05) is 24.3 Å². The summed E-state index contributed by atoms with van der Waals surface area (Å²) in [5, 5.41) is 0. The lowest BCUT2D eigenvalue weighted by Crippen LogP contribution is -2.44. The largest absolute Gasteiger partial charge is 0.369 e. The van der Waals surface area contributed by atoms with Crippen LogP contribution >= 0.6 is 0 Å². The van der Waals surface area contributed by atoms with E-state index >= 15 is 0 Å². The molecule has 1 heterocycles. The summed E-state index contributed by atoms with van der Waals surface area (Å²) in [6, 6.07) is 11.5. The number of nitrogens with one attached hydrogen (secondary N) is 1. The van der Waals surface area contributed by atoms with E-state index in [2.05, 4.69) is 4.72 Å². The Morgan fingerprint density at radius 3 is 2.45 bits per heavy atom. The molecule has 2 aromatic carbocycles. The van der Waals surface area contributed by atoms with Crippen LogP contribution in [-0.2, 0) is 14.8 Å². The van der Waals surface area contributed by atoms with Crippen molar-refractivity contribution in [1.82, 2.24) is 4.90 Å². The summed E-state index contributed by atoms with van der Waals surface area (Å²) >= 11 is 0. The Balaban J connectivity index is 1.74. The molecule has 7 nitrogen and oxygen atoms in total. The minimum atomic E-state index is -3.73. The zero-order valence-electron chi connectivity index (χ0n) is 16.5. The molecular weight excluding hydrogens is 390 g/mol. The number of hydrogen-bond acceptors (Lipinski definition) is 4. The van der Waals surface area contributed by atoms with Gasteiger partial charge in [0.1, 0.15) is 0 Å². The third-order valence-electron chi connectivity index (χ3n) is 5.13. The van der Waals surface area contributed by atoms with E-state index in [9.17, 15) is 18.0 Å². The molecule has 0 radical (unpaired) electrons. The van der Waals surface area contributed by atoms with Crippen molar-refractivity contribution in [3.63, 3.8) is 0 Å². The van der Waals surface area contributed by atoms with Gasteiger partial charge in [0.25, 0.3) is 15.9 Å². The van der Waals surface area contributed by atoms with Gasteiger partial charge in [-0.15, -0.1) is 0 Å². The maximum atomic E-state index is 12.7. The van der Waals surface area contributed by atoms with Crippen LogP contribution in [0.2, 0.25) is 0 Å². The molecule has 3 N–H and O–H groups in total. The zero-order chi connectivity index (χ0) is 21.2. The number of sulfonamides is 1. The van der Waals surface area contributed by atoms with Gasteiger partial charge in [0.2, 0.25) is 5.91 Å². The van der Waals surface area contributed by atoms with Crippen LogP contribution in [0.15, 0.2) is 47.4 Å². The molecule has 0 bridgehead atoms. The van der Waals surface area contributed by atoms with E-state index in [1.807, 2.05) is 13.0 Å². The highest BCUT2D eigenvalue weighted by Crippen LogP contribution is 2.22.